The first-order chi connectivity index (χ1) is 12.4. The topological polar surface area (TPSA) is 75.6 Å². The van der Waals surface area contributed by atoms with Crippen molar-refractivity contribution >= 4 is 40.4 Å². The number of nitrogens with one attached hydrogen (secondary N) is 1. The summed E-state index contributed by atoms with van der Waals surface area (Å²) in [5.74, 6) is -1.61. The molecule has 0 spiro atoms. The molecular weight excluding hydrogens is 374 g/mol. The van der Waals surface area contributed by atoms with E-state index in [0.717, 1.165) is 22.5 Å². The minimum absolute atomic E-state index is 0.00306. The standard InChI is InChI=1S/C19H16ClNO4S/c1-25-19(20)11-13(7-8-15(19)12-5-3-2-4-6-12)21-17(22)14-9-10-26-16(14)18(23)24/h2-10H,11H2,1H3,(H,21,22)(H,23,24). The second-order valence-corrected chi connectivity index (χ2v) is 7.20. The fraction of sp³-hybridized carbons (Fsp3) is 0.158. The normalized spacial score (nSPS) is 19.5. The van der Waals surface area contributed by atoms with Gasteiger partial charge in [-0.2, -0.15) is 0 Å². The molecule has 0 saturated carbocycles. The maximum absolute atomic E-state index is 12.4. The Morgan fingerprint density at radius 3 is 2.62 bits per heavy atom. The van der Waals surface area contributed by atoms with Crippen LogP contribution in [0.3, 0.4) is 0 Å². The highest BCUT2D eigenvalue weighted by atomic mass is 35.5. The summed E-state index contributed by atoms with van der Waals surface area (Å²) in [6.45, 7) is 0. The Morgan fingerprint density at radius 1 is 1.23 bits per heavy atom. The van der Waals surface area contributed by atoms with E-state index in [-0.39, 0.29) is 16.9 Å². The lowest BCUT2D eigenvalue weighted by Crippen LogP contribution is -2.34. The maximum Gasteiger partial charge on any atom is 0.346 e. The van der Waals surface area contributed by atoms with Crippen LogP contribution < -0.4 is 5.32 Å². The number of carboxylic acid groups (broad SMARTS) is 1. The largest absolute Gasteiger partial charge is 0.477 e. The van der Waals surface area contributed by atoms with Crippen LogP contribution in [0.5, 0.6) is 0 Å². The molecule has 1 atom stereocenters. The second kappa shape index (κ2) is 7.45. The Balaban J connectivity index is 1.87. The molecule has 7 heteroatoms. The minimum Gasteiger partial charge on any atom is -0.477 e. The van der Waals surface area contributed by atoms with Gasteiger partial charge in [0.15, 0.2) is 5.06 Å². The Hall–Kier alpha value is -2.41. The van der Waals surface area contributed by atoms with Gasteiger partial charge in [-0.15, -0.1) is 11.3 Å². The lowest BCUT2D eigenvalue weighted by Gasteiger charge is -2.32. The third-order valence-electron chi connectivity index (χ3n) is 4.06. The molecule has 5 nitrogen and oxygen atoms in total. The molecule has 1 heterocycles. The summed E-state index contributed by atoms with van der Waals surface area (Å²) in [4.78, 5) is 23.6. The summed E-state index contributed by atoms with van der Waals surface area (Å²) < 4.78 is 5.52. The first-order valence-electron chi connectivity index (χ1n) is 7.77. The zero-order chi connectivity index (χ0) is 18.7. The third kappa shape index (κ3) is 3.58. The van der Waals surface area contributed by atoms with Crippen molar-refractivity contribution in [3.63, 3.8) is 0 Å². The van der Waals surface area contributed by atoms with E-state index in [0.29, 0.717) is 5.70 Å². The number of rotatable bonds is 5. The van der Waals surface area contributed by atoms with Crippen molar-refractivity contribution in [3.8, 4) is 0 Å². The summed E-state index contributed by atoms with van der Waals surface area (Å²) in [6.07, 6.45) is 3.80. The number of benzene rings is 1. The van der Waals surface area contributed by atoms with Gasteiger partial charge in [0.05, 0.1) is 5.56 Å². The molecule has 0 bridgehead atoms. The lowest BCUT2D eigenvalue weighted by molar-refractivity contribution is 0.0696. The number of amides is 1. The van der Waals surface area contributed by atoms with Crippen molar-refractivity contribution in [1.82, 2.24) is 5.32 Å². The van der Waals surface area contributed by atoms with E-state index in [1.165, 1.54) is 13.2 Å². The highest BCUT2D eigenvalue weighted by Gasteiger charge is 2.36. The molecule has 26 heavy (non-hydrogen) atoms. The monoisotopic (exact) mass is 389 g/mol. The van der Waals surface area contributed by atoms with Crippen molar-refractivity contribution in [3.05, 3.63) is 75.6 Å². The lowest BCUT2D eigenvalue weighted by atomic mass is 9.92. The minimum atomic E-state index is -1.13. The first-order valence-corrected chi connectivity index (χ1v) is 9.03. The van der Waals surface area contributed by atoms with E-state index in [1.807, 2.05) is 30.3 Å². The van der Waals surface area contributed by atoms with Gasteiger partial charge in [0.25, 0.3) is 5.91 Å². The second-order valence-electron chi connectivity index (χ2n) is 5.67. The quantitative estimate of drug-likeness (QED) is 0.754. The molecule has 0 aliphatic heterocycles. The number of ether oxygens (including phenoxy) is 1. The summed E-state index contributed by atoms with van der Waals surface area (Å²) in [5, 5.41) is 12.3. The van der Waals surface area contributed by atoms with Crippen LogP contribution in [-0.2, 0) is 4.74 Å². The van der Waals surface area contributed by atoms with Crippen molar-refractivity contribution < 1.29 is 19.4 Å². The molecule has 0 radical (unpaired) electrons. The fourth-order valence-electron chi connectivity index (χ4n) is 2.77. The Kier molecular flexibility index (Phi) is 5.27. The number of thiophene rings is 1. The van der Waals surface area contributed by atoms with Crippen molar-refractivity contribution in [2.24, 2.45) is 0 Å². The van der Waals surface area contributed by atoms with Crippen LogP contribution in [0.25, 0.3) is 5.57 Å². The predicted molar refractivity (Wildman–Crippen MR) is 101 cm³/mol. The summed E-state index contributed by atoms with van der Waals surface area (Å²) >= 11 is 7.68. The molecule has 0 saturated heterocycles. The average Bonchev–Trinajstić information content (AvgIpc) is 3.13. The third-order valence-corrected chi connectivity index (χ3v) is 5.45. The number of aromatic carboxylic acids is 1. The molecule has 1 unspecified atom stereocenters. The van der Waals surface area contributed by atoms with E-state index in [2.05, 4.69) is 5.32 Å². The molecule has 1 aromatic carbocycles. The van der Waals surface area contributed by atoms with Gasteiger partial charge in [-0.25, -0.2) is 4.79 Å². The van der Waals surface area contributed by atoms with Crippen LogP contribution in [0.4, 0.5) is 0 Å². The van der Waals surface area contributed by atoms with E-state index in [9.17, 15) is 9.59 Å². The van der Waals surface area contributed by atoms with Gasteiger partial charge in [0, 0.05) is 24.8 Å². The number of halogens is 1. The number of carbonyl (C=O) groups is 2. The van der Waals surface area contributed by atoms with E-state index in [4.69, 9.17) is 21.4 Å². The Bertz CT molecular complexity index is 903. The van der Waals surface area contributed by atoms with Gasteiger partial charge < -0.3 is 15.2 Å². The smallest absolute Gasteiger partial charge is 0.346 e. The zero-order valence-electron chi connectivity index (χ0n) is 13.9. The fourth-order valence-corrected chi connectivity index (χ4v) is 3.82. The molecule has 1 aromatic heterocycles. The molecule has 1 aliphatic carbocycles. The van der Waals surface area contributed by atoms with Gasteiger partial charge in [0.2, 0.25) is 0 Å². The SMILES string of the molecule is COC1(Cl)CC(NC(=O)c2ccsc2C(=O)O)=CC=C1c1ccccc1. The van der Waals surface area contributed by atoms with E-state index < -0.39 is 16.9 Å². The van der Waals surface area contributed by atoms with Crippen LogP contribution in [0, 0.1) is 0 Å². The molecule has 2 N–H and O–H groups in total. The Morgan fingerprint density at radius 2 is 1.96 bits per heavy atom. The summed E-state index contributed by atoms with van der Waals surface area (Å²) in [6, 6.07) is 11.1. The molecule has 1 aliphatic rings. The number of carboxylic acids is 1. The number of alkyl halides is 1. The average molecular weight is 390 g/mol. The van der Waals surface area contributed by atoms with Crippen LogP contribution in [-0.4, -0.2) is 29.2 Å². The van der Waals surface area contributed by atoms with Crippen molar-refractivity contribution in [2.75, 3.05) is 7.11 Å². The van der Waals surface area contributed by atoms with Gasteiger partial charge in [0.1, 0.15) is 4.88 Å². The molecule has 0 fully saturated rings. The van der Waals surface area contributed by atoms with Crippen LogP contribution >= 0.6 is 22.9 Å². The summed E-state index contributed by atoms with van der Waals surface area (Å²) in [7, 11) is 1.51. The number of hydrogen-bond acceptors (Lipinski definition) is 4. The van der Waals surface area contributed by atoms with Gasteiger partial charge >= 0.3 is 5.97 Å². The number of carbonyl (C=O) groups excluding carboxylic acids is 1. The Labute approximate surface area is 159 Å². The van der Waals surface area contributed by atoms with Crippen molar-refractivity contribution in [2.45, 2.75) is 11.5 Å². The van der Waals surface area contributed by atoms with Gasteiger partial charge in [-0.1, -0.05) is 48.0 Å². The molecule has 134 valence electrons. The van der Waals surface area contributed by atoms with Crippen LogP contribution in [0.1, 0.15) is 32.0 Å². The van der Waals surface area contributed by atoms with E-state index in [1.54, 1.807) is 17.5 Å². The number of hydrogen-bond donors (Lipinski definition) is 2. The summed E-state index contributed by atoms with van der Waals surface area (Å²) in [5.41, 5.74) is 2.40. The highest BCUT2D eigenvalue weighted by Crippen LogP contribution is 2.41. The van der Waals surface area contributed by atoms with Crippen LogP contribution in [0.15, 0.2) is 59.6 Å². The van der Waals surface area contributed by atoms with Gasteiger partial charge in [-0.3, -0.25) is 4.79 Å². The maximum atomic E-state index is 12.4. The molecule has 1 amide bonds. The number of allylic oxidation sites excluding steroid dienone is 2. The molecule has 3 rings (SSSR count). The number of methoxy groups -OCH3 is 1. The van der Waals surface area contributed by atoms with Gasteiger partial charge in [-0.05, 0) is 23.1 Å². The first kappa shape index (κ1) is 18.4. The van der Waals surface area contributed by atoms with Crippen LogP contribution in [0.2, 0.25) is 0 Å². The van der Waals surface area contributed by atoms with Crippen molar-refractivity contribution in [1.29, 1.82) is 0 Å². The highest BCUT2D eigenvalue weighted by molar-refractivity contribution is 7.12. The molecular formula is C19H16ClNO4S. The predicted octanol–water partition coefficient (Wildman–Crippen LogP) is 4.13. The van der Waals surface area contributed by atoms with E-state index >= 15 is 0 Å². The zero-order valence-corrected chi connectivity index (χ0v) is 15.4. The molecule has 2 aromatic rings.